The van der Waals surface area contributed by atoms with E-state index in [0.29, 0.717) is 6.42 Å². The van der Waals surface area contributed by atoms with Gasteiger partial charge >= 0.3 is 0 Å². The van der Waals surface area contributed by atoms with Crippen molar-refractivity contribution in [1.82, 2.24) is 10.9 Å². The molecule has 0 aliphatic rings. The van der Waals surface area contributed by atoms with E-state index in [0.717, 1.165) is 6.42 Å². The first kappa shape index (κ1) is 10.9. The topological polar surface area (TPSA) is 93.5 Å². The molecule has 0 aliphatic heterocycles. The van der Waals surface area contributed by atoms with Gasteiger partial charge in [-0.2, -0.15) is 0 Å². The molecule has 0 radical (unpaired) electrons. The van der Waals surface area contributed by atoms with Crippen molar-refractivity contribution in [3.63, 3.8) is 0 Å². The molecule has 2 amide bonds. The van der Waals surface area contributed by atoms with Crippen LogP contribution >= 0.6 is 0 Å². The first-order valence-electron chi connectivity index (χ1n) is 3.60. The fourth-order valence-corrected chi connectivity index (χ4v) is 0.541. The lowest BCUT2D eigenvalue weighted by molar-refractivity contribution is -0.131. The summed E-state index contributed by atoms with van der Waals surface area (Å²) >= 11 is 0. The molecule has 4 N–H and O–H groups in total. The van der Waals surface area contributed by atoms with Gasteiger partial charge in [0.15, 0.2) is 0 Å². The van der Waals surface area contributed by atoms with Gasteiger partial charge in [0.2, 0.25) is 5.91 Å². The Labute approximate surface area is 70.4 Å². The number of hydrogen-bond acceptors (Lipinski definition) is 4. The molecular formula is C6H13N3O3. The number of nitrogens with one attached hydrogen (secondary N) is 2. The van der Waals surface area contributed by atoms with E-state index in [2.05, 4.69) is 21.6 Å². The van der Waals surface area contributed by atoms with Gasteiger partial charge in [0.05, 0.1) is 0 Å². The van der Waals surface area contributed by atoms with Gasteiger partial charge in [0.25, 0.3) is 5.91 Å². The van der Waals surface area contributed by atoms with Crippen LogP contribution in [0.4, 0.5) is 0 Å². The highest BCUT2D eigenvalue weighted by atomic mass is 16.6. The maximum absolute atomic E-state index is 10.8. The first-order valence-corrected chi connectivity index (χ1v) is 3.60. The molecule has 0 fully saturated rings. The quantitative estimate of drug-likeness (QED) is 0.469. The number of hydrazine groups is 1. The third-order valence-corrected chi connectivity index (χ3v) is 1.03. The molecule has 0 atom stereocenters. The number of rotatable bonds is 4. The molecular weight excluding hydrogens is 162 g/mol. The Kier molecular flexibility index (Phi) is 5.94. The Morgan fingerprint density at radius 1 is 1.33 bits per heavy atom. The van der Waals surface area contributed by atoms with Crippen molar-refractivity contribution in [2.45, 2.75) is 19.8 Å². The molecule has 6 heteroatoms. The predicted octanol–water partition coefficient (Wildman–Crippen LogP) is -1.18. The zero-order valence-electron chi connectivity index (χ0n) is 6.92. The van der Waals surface area contributed by atoms with Crippen LogP contribution in [-0.2, 0) is 14.4 Å². The van der Waals surface area contributed by atoms with E-state index in [9.17, 15) is 9.59 Å². The van der Waals surface area contributed by atoms with E-state index in [-0.39, 0.29) is 12.5 Å². The van der Waals surface area contributed by atoms with Gasteiger partial charge in [-0.05, 0) is 6.42 Å². The zero-order chi connectivity index (χ0) is 9.40. The number of carbonyl (C=O) groups excluding carboxylic acids is 2. The van der Waals surface area contributed by atoms with Gasteiger partial charge in [0.1, 0.15) is 6.61 Å². The van der Waals surface area contributed by atoms with Gasteiger partial charge in [-0.15, -0.1) is 0 Å². The molecule has 0 saturated heterocycles. The average molecular weight is 175 g/mol. The van der Waals surface area contributed by atoms with Crippen LogP contribution in [0.5, 0.6) is 0 Å². The highest BCUT2D eigenvalue weighted by molar-refractivity contribution is 5.82. The van der Waals surface area contributed by atoms with Gasteiger partial charge < -0.3 is 0 Å². The van der Waals surface area contributed by atoms with Crippen molar-refractivity contribution < 1.29 is 14.4 Å². The maximum Gasteiger partial charge on any atom is 0.266 e. The van der Waals surface area contributed by atoms with E-state index in [1.165, 1.54) is 0 Å². The minimum absolute atomic E-state index is 0.233. The number of amides is 2. The summed E-state index contributed by atoms with van der Waals surface area (Å²) in [6, 6.07) is 0. The first-order chi connectivity index (χ1) is 5.70. The number of nitrogens with two attached hydrogens (primary N) is 1. The van der Waals surface area contributed by atoms with Crippen LogP contribution < -0.4 is 16.7 Å². The highest BCUT2D eigenvalue weighted by Gasteiger charge is 2.01. The van der Waals surface area contributed by atoms with Crippen molar-refractivity contribution in [1.29, 1.82) is 0 Å². The van der Waals surface area contributed by atoms with Crippen molar-refractivity contribution >= 4 is 11.8 Å². The highest BCUT2D eigenvalue weighted by Crippen LogP contribution is 1.83. The molecule has 0 aromatic rings. The Morgan fingerprint density at radius 3 is 2.42 bits per heavy atom. The van der Waals surface area contributed by atoms with Gasteiger partial charge in [-0.3, -0.25) is 25.3 Å². The van der Waals surface area contributed by atoms with Crippen LogP contribution in [0.3, 0.4) is 0 Å². The summed E-state index contributed by atoms with van der Waals surface area (Å²) in [6.45, 7) is 1.59. The van der Waals surface area contributed by atoms with Crippen molar-refractivity contribution in [2.75, 3.05) is 6.61 Å². The zero-order valence-corrected chi connectivity index (χ0v) is 6.92. The van der Waals surface area contributed by atoms with Crippen molar-refractivity contribution in [3.05, 3.63) is 0 Å². The molecule has 0 aromatic heterocycles. The molecule has 0 bridgehead atoms. The summed E-state index contributed by atoms with van der Waals surface area (Å²) in [6.07, 6.45) is 1.11. The monoisotopic (exact) mass is 175 g/mol. The molecule has 0 unspecified atom stereocenters. The summed E-state index contributed by atoms with van der Waals surface area (Å²) in [5.74, 6) is 3.90. The maximum atomic E-state index is 10.8. The van der Waals surface area contributed by atoms with Crippen molar-refractivity contribution in [3.8, 4) is 0 Å². The average Bonchev–Trinajstić information content (AvgIpc) is 2.02. The smallest absolute Gasteiger partial charge is 0.266 e. The Hall–Kier alpha value is -1.14. The predicted molar refractivity (Wildman–Crippen MR) is 41.3 cm³/mol. The lowest BCUT2D eigenvalue weighted by Crippen LogP contribution is -2.43. The summed E-state index contributed by atoms with van der Waals surface area (Å²) in [7, 11) is 0. The Morgan fingerprint density at radius 2 is 1.92 bits per heavy atom. The molecule has 0 aliphatic carbocycles. The normalized spacial score (nSPS) is 9.17. The minimum atomic E-state index is -0.484. The van der Waals surface area contributed by atoms with Crippen molar-refractivity contribution in [2.24, 2.45) is 5.90 Å². The summed E-state index contributed by atoms with van der Waals surface area (Å²) < 4.78 is 0. The van der Waals surface area contributed by atoms with E-state index >= 15 is 0 Å². The van der Waals surface area contributed by atoms with Crippen LogP contribution in [-0.4, -0.2) is 18.4 Å². The fourth-order valence-electron chi connectivity index (χ4n) is 0.541. The third-order valence-electron chi connectivity index (χ3n) is 1.03. The van der Waals surface area contributed by atoms with Gasteiger partial charge in [-0.25, -0.2) is 5.90 Å². The minimum Gasteiger partial charge on any atom is -0.295 e. The standard InChI is InChI=1S/C6H13N3O3/c1-2-3-5(10)8-9-6(11)4-12-7/h2-4,7H2,1H3,(H,8,10)(H,9,11). The second kappa shape index (κ2) is 6.56. The molecule has 70 valence electrons. The van der Waals surface area contributed by atoms with Crippen LogP contribution in [0.2, 0.25) is 0 Å². The largest absolute Gasteiger partial charge is 0.295 e. The van der Waals surface area contributed by atoms with Gasteiger partial charge in [0, 0.05) is 6.42 Å². The van der Waals surface area contributed by atoms with E-state index in [1.807, 2.05) is 6.92 Å². The van der Waals surface area contributed by atoms with E-state index in [4.69, 9.17) is 0 Å². The summed E-state index contributed by atoms with van der Waals surface area (Å²) in [5.41, 5.74) is 4.32. The Balaban J connectivity index is 3.40. The molecule has 6 nitrogen and oxygen atoms in total. The van der Waals surface area contributed by atoms with Gasteiger partial charge in [-0.1, -0.05) is 6.92 Å². The van der Waals surface area contributed by atoms with E-state index < -0.39 is 5.91 Å². The lowest BCUT2D eigenvalue weighted by atomic mass is 10.3. The molecule has 0 saturated carbocycles. The number of hydrogen-bond donors (Lipinski definition) is 3. The second-order valence-electron chi connectivity index (χ2n) is 2.16. The summed E-state index contributed by atoms with van der Waals surface area (Å²) in [4.78, 5) is 25.4. The van der Waals surface area contributed by atoms with Crippen LogP contribution in [0.25, 0.3) is 0 Å². The molecule has 0 spiro atoms. The number of carbonyl (C=O) groups is 2. The second-order valence-corrected chi connectivity index (χ2v) is 2.16. The molecule has 0 heterocycles. The SMILES string of the molecule is CCCC(=O)NNC(=O)CON. The molecule has 0 aromatic carbocycles. The lowest BCUT2D eigenvalue weighted by Gasteiger charge is -2.04. The van der Waals surface area contributed by atoms with Crippen LogP contribution in [0.1, 0.15) is 19.8 Å². The van der Waals surface area contributed by atoms with Crippen LogP contribution in [0.15, 0.2) is 0 Å². The fraction of sp³-hybridized carbons (Fsp3) is 0.667. The summed E-state index contributed by atoms with van der Waals surface area (Å²) in [5, 5.41) is 0. The Bertz CT molecular complexity index is 142. The van der Waals surface area contributed by atoms with E-state index in [1.54, 1.807) is 0 Å². The molecule has 0 rings (SSSR count). The molecule has 12 heavy (non-hydrogen) atoms. The van der Waals surface area contributed by atoms with Crippen LogP contribution in [0, 0.1) is 0 Å². The third kappa shape index (κ3) is 5.63.